The first-order valence-corrected chi connectivity index (χ1v) is 5.78. The Morgan fingerprint density at radius 3 is 2.32 bits per heavy atom. The van der Waals surface area contributed by atoms with Crippen LogP contribution in [-0.2, 0) is 0 Å². The van der Waals surface area contributed by atoms with Gasteiger partial charge in [0, 0.05) is 16.5 Å². The van der Waals surface area contributed by atoms with Crippen LogP contribution in [-0.4, -0.2) is 21.5 Å². The first-order valence-electron chi connectivity index (χ1n) is 5.78. The predicted octanol–water partition coefficient (Wildman–Crippen LogP) is 3.06. The number of benzene rings is 2. The minimum absolute atomic E-state index is 0.117. The van der Waals surface area contributed by atoms with Crippen molar-refractivity contribution in [2.24, 2.45) is 0 Å². The van der Waals surface area contributed by atoms with Gasteiger partial charge in [-0.25, -0.2) is 0 Å². The summed E-state index contributed by atoms with van der Waals surface area (Å²) in [5, 5.41) is 19.5. The molecule has 3 rings (SSSR count). The lowest BCUT2D eigenvalue weighted by Crippen LogP contribution is -1.83. The van der Waals surface area contributed by atoms with Gasteiger partial charge in [0.15, 0.2) is 6.29 Å². The first-order chi connectivity index (χ1) is 9.19. The molecular weight excluding hydrogens is 242 g/mol. The van der Waals surface area contributed by atoms with Crippen molar-refractivity contribution in [3.05, 3.63) is 48.0 Å². The molecule has 3 N–H and O–H groups in total. The van der Waals surface area contributed by atoms with Crippen LogP contribution in [0, 0.1) is 0 Å². The van der Waals surface area contributed by atoms with Crippen molar-refractivity contribution in [1.82, 2.24) is 4.98 Å². The van der Waals surface area contributed by atoms with Gasteiger partial charge >= 0.3 is 0 Å². The number of aldehydes is 1. The molecule has 0 unspecified atom stereocenters. The zero-order chi connectivity index (χ0) is 13.4. The minimum Gasteiger partial charge on any atom is -0.508 e. The van der Waals surface area contributed by atoms with Gasteiger partial charge in [-0.15, -0.1) is 0 Å². The number of hydrogen-bond donors (Lipinski definition) is 3. The van der Waals surface area contributed by atoms with Crippen LogP contribution in [0.4, 0.5) is 0 Å². The molecule has 0 radical (unpaired) electrons. The van der Waals surface area contributed by atoms with E-state index in [4.69, 9.17) is 0 Å². The SMILES string of the molecule is O=Cc1c(-c2ccc(O)cc2)[nH]c2ccc(O)cc12. The Morgan fingerprint density at radius 1 is 0.947 bits per heavy atom. The van der Waals surface area contributed by atoms with Gasteiger partial charge in [-0.1, -0.05) is 0 Å². The van der Waals surface area contributed by atoms with Gasteiger partial charge < -0.3 is 15.2 Å². The topological polar surface area (TPSA) is 73.3 Å². The predicted molar refractivity (Wildman–Crippen MR) is 72.5 cm³/mol. The average Bonchev–Trinajstić information content (AvgIpc) is 2.77. The molecule has 4 nitrogen and oxygen atoms in total. The number of rotatable bonds is 2. The number of aromatic nitrogens is 1. The van der Waals surface area contributed by atoms with Crippen molar-refractivity contribution in [1.29, 1.82) is 0 Å². The lowest BCUT2D eigenvalue weighted by Gasteiger charge is -2.00. The Kier molecular flexibility index (Phi) is 2.49. The molecule has 0 aliphatic heterocycles. The Bertz CT molecular complexity index is 757. The monoisotopic (exact) mass is 253 g/mol. The van der Waals surface area contributed by atoms with E-state index in [9.17, 15) is 15.0 Å². The van der Waals surface area contributed by atoms with Crippen LogP contribution in [0.15, 0.2) is 42.5 Å². The van der Waals surface area contributed by atoms with Gasteiger partial charge in [0.1, 0.15) is 11.5 Å². The second-order valence-corrected chi connectivity index (χ2v) is 4.31. The molecule has 0 aliphatic rings. The van der Waals surface area contributed by atoms with Crippen molar-refractivity contribution >= 4 is 17.2 Å². The third-order valence-electron chi connectivity index (χ3n) is 3.10. The second kappa shape index (κ2) is 4.17. The second-order valence-electron chi connectivity index (χ2n) is 4.31. The standard InChI is InChI=1S/C15H11NO3/c17-8-13-12-7-11(19)5-6-14(12)16-15(13)9-1-3-10(18)4-2-9/h1-8,16,18-19H. The summed E-state index contributed by atoms with van der Waals surface area (Å²) in [5.74, 6) is 0.289. The number of hydrogen-bond acceptors (Lipinski definition) is 3. The van der Waals surface area contributed by atoms with E-state index >= 15 is 0 Å². The van der Waals surface area contributed by atoms with E-state index in [0.29, 0.717) is 16.6 Å². The molecule has 94 valence electrons. The molecule has 3 aromatic rings. The van der Waals surface area contributed by atoms with Gasteiger partial charge in [-0.2, -0.15) is 0 Å². The number of aromatic hydroxyl groups is 2. The number of phenols is 2. The molecule has 0 spiro atoms. The average molecular weight is 253 g/mol. The minimum atomic E-state index is 0.117. The summed E-state index contributed by atoms with van der Waals surface area (Å²) in [6, 6.07) is 11.4. The number of carbonyl (C=O) groups is 1. The van der Waals surface area contributed by atoms with Crippen molar-refractivity contribution in [3.8, 4) is 22.8 Å². The highest BCUT2D eigenvalue weighted by molar-refractivity contribution is 6.04. The van der Waals surface area contributed by atoms with Crippen LogP contribution in [0.25, 0.3) is 22.2 Å². The zero-order valence-corrected chi connectivity index (χ0v) is 9.92. The van der Waals surface area contributed by atoms with Gasteiger partial charge in [-0.05, 0) is 48.0 Å². The quantitative estimate of drug-likeness (QED) is 0.614. The smallest absolute Gasteiger partial charge is 0.152 e. The maximum absolute atomic E-state index is 11.3. The Balaban J connectivity index is 2.28. The van der Waals surface area contributed by atoms with Crippen LogP contribution in [0.3, 0.4) is 0 Å². The van der Waals surface area contributed by atoms with E-state index in [1.165, 1.54) is 0 Å². The van der Waals surface area contributed by atoms with E-state index in [0.717, 1.165) is 17.4 Å². The molecule has 2 aromatic carbocycles. The fourth-order valence-electron chi connectivity index (χ4n) is 2.18. The molecule has 0 saturated heterocycles. The van der Waals surface area contributed by atoms with Crippen molar-refractivity contribution in [2.75, 3.05) is 0 Å². The fraction of sp³-hybridized carbons (Fsp3) is 0. The summed E-state index contributed by atoms with van der Waals surface area (Å²) in [6.07, 6.45) is 0.764. The maximum atomic E-state index is 11.3. The lowest BCUT2D eigenvalue weighted by molar-refractivity contribution is 0.112. The Labute approximate surface area is 108 Å². The summed E-state index contributed by atoms with van der Waals surface area (Å²) in [5.41, 5.74) is 2.76. The zero-order valence-electron chi connectivity index (χ0n) is 9.92. The summed E-state index contributed by atoms with van der Waals surface area (Å²) in [7, 11) is 0. The molecule has 19 heavy (non-hydrogen) atoms. The van der Waals surface area contributed by atoms with E-state index in [1.54, 1.807) is 42.5 Å². The number of aromatic amines is 1. The van der Waals surface area contributed by atoms with E-state index in [-0.39, 0.29) is 11.5 Å². The maximum Gasteiger partial charge on any atom is 0.152 e. The molecule has 0 aliphatic carbocycles. The number of nitrogens with one attached hydrogen (secondary N) is 1. The molecule has 0 atom stereocenters. The Hall–Kier alpha value is -2.75. The van der Waals surface area contributed by atoms with Gasteiger partial charge in [0.25, 0.3) is 0 Å². The first kappa shape index (κ1) is 11.3. The van der Waals surface area contributed by atoms with E-state index in [2.05, 4.69) is 4.98 Å². The fourth-order valence-corrected chi connectivity index (χ4v) is 2.18. The van der Waals surface area contributed by atoms with Crippen LogP contribution >= 0.6 is 0 Å². The Morgan fingerprint density at radius 2 is 1.63 bits per heavy atom. The molecular formula is C15H11NO3. The molecule has 0 amide bonds. The third-order valence-corrected chi connectivity index (χ3v) is 3.10. The molecule has 0 bridgehead atoms. The number of H-pyrrole nitrogens is 1. The largest absolute Gasteiger partial charge is 0.508 e. The number of phenolic OH excluding ortho intramolecular Hbond substituents is 2. The van der Waals surface area contributed by atoms with E-state index < -0.39 is 0 Å². The highest BCUT2D eigenvalue weighted by atomic mass is 16.3. The summed E-state index contributed by atoms with van der Waals surface area (Å²) >= 11 is 0. The molecule has 1 heterocycles. The van der Waals surface area contributed by atoms with Crippen molar-refractivity contribution in [2.45, 2.75) is 0 Å². The van der Waals surface area contributed by atoms with Crippen LogP contribution < -0.4 is 0 Å². The highest BCUT2D eigenvalue weighted by Gasteiger charge is 2.12. The van der Waals surface area contributed by atoms with Crippen LogP contribution in [0.2, 0.25) is 0 Å². The van der Waals surface area contributed by atoms with Gasteiger partial charge in [0.05, 0.1) is 5.69 Å². The summed E-state index contributed by atoms with van der Waals surface area (Å²) in [4.78, 5) is 14.5. The third kappa shape index (κ3) is 1.83. The van der Waals surface area contributed by atoms with Crippen LogP contribution in [0.1, 0.15) is 10.4 Å². The summed E-state index contributed by atoms with van der Waals surface area (Å²) < 4.78 is 0. The molecule has 0 fully saturated rings. The van der Waals surface area contributed by atoms with Gasteiger partial charge in [-0.3, -0.25) is 4.79 Å². The number of fused-ring (bicyclic) bond motifs is 1. The van der Waals surface area contributed by atoms with Crippen LogP contribution in [0.5, 0.6) is 11.5 Å². The van der Waals surface area contributed by atoms with Gasteiger partial charge in [0.2, 0.25) is 0 Å². The summed E-state index contributed by atoms with van der Waals surface area (Å²) in [6.45, 7) is 0. The molecule has 1 aromatic heterocycles. The highest BCUT2D eigenvalue weighted by Crippen LogP contribution is 2.31. The lowest BCUT2D eigenvalue weighted by atomic mass is 10.1. The number of carbonyl (C=O) groups excluding carboxylic acids is 1. The molecule has 4 heteroatoms. The van der Waals surface area contributed by atoms with Crippen molar-refractivity contribution in [3.63, 3.8) is 0 Å². The molecule has 0 saturated carbocycles. The normalized spacial score (nSPS) is 10.7. The van der Waals surface area contributed by atoms with Crippen molar-refractivity contribution < 1.29 is 15.0 Å². The van der Waals surface area contributed by atoms with E-state index in [1.807, 2.05) is 0 Å².